The van der Waals surface area contributed by atoms with Crippen LogP contribution in [0.2, 0.25) is 0 Å². The smallest absolute Gasteiger partial charge is 0.418 e. The van der Waals surface area contributed by atoms with Gasteiger partial charge in [-0.2, -0.15) is 13.2 Å². The third-order valence-electron chi connectivity index (χ3n) is 4.00. The number of amides is 1. The summed E-state index contributed by atoms with van der Waals surface area (Å²) in [5, 5.41) is 0. The zero-order chi connectivity index (χ0) is 22.4. The first kappa shape index (κ1) is 24.8. The van der Waals surface area contributed by atoms with E-state index in [4.69, 9.17) is 9.47 Å². The van der Waals surface area contributed by atoms with Crippen LogP contribution >= 0.6 is 0 Å². The first-order chi connectivity index (χ1) is 13.5. The van der Waals surface area contributed by atoms with Gasteiger partial charge in [-0.3, -0.25) is 0 Å². The molecule has 0 aliphatic carbocycles. The molecular formula is C20H32F3N3O3. The first-order valence-electron chi connectivity index (χ1n) is 9.99. The topological polar surface area (TPSA) is 54.9 Å². The molecule has 9 heteroatoms. The number of nitrogens with zero attached hydrogens (tertiary/aromatic N) is 3. The summed E-state index contributed by atoms with van der Waals surface area (Å²) in [6, 6.07) is 0.803. The van der Waals surface area contributed by atoms with E-state index in [2.05, 4.69) is 4.98 Å². The molecule has 1 saturated heterocycles. The van der Waals surface area contributed by atoms with Crippen LogP contribution in [0.25, 0.3) is 0 Å². The molecule has 2 aliphatic rings. The fraction of sp³-hybridized carbons (Fsp3) is 0.700. The van der Waals surface area contributed by atoms with E-state index in [-0.39, 0.29) is 18.4 Å². The summed E-state index contributed by atoms with van der Waals surface area (Å²) in [4.78, 5) is 19.6. The minimum Gasteiger partial charge on any atom is -0.487 e. The molecule has 1 aromatic heterocycles. The Bertz CT molecular complexity index is 675. The summed E-state index contributed by atoms with van der Waals surface area (Å²) in [5.41, 5.74) is -1.42. The van der Waals surface area contributed by atoms with Crippen LogP contribution in [0.5, 0.6) is 5.75 Å². The number of aromatic nitrogens is 1. The number of halogens is 3. The van der Waals surface area contributed by atoms with Crippen molar-refractivity contribution in [3.05, 3.63) is 17.8 Å². The van der Waals surface area contributed by atoms with E-state index >= 15 is 0 Å². The van der Waals surface area contributed by atoms with E-state index < -0.39 is 23.4 Å². The molecule has 0 aromatic carbocycles. The number of carbonyl (C=O) groups excluding carboxylic acids is 1. The maximum absolute atomic E-state index is 12.8. The van der Waals surface area contributed by atoms with Crippen molar-refractivity contribution >= 4 is 11.9 Å². The predicted octanol–water partition coefficient (Wildman–Crippen LogP) is 4.97. The number of rotatable bonds is 0. The molecule has 0 bridgehead atoms. The second kappa shape index (κ2) is 10.0. The highest BCUT2D eigenvalue weighted by Crippen LogP contribution is 2.38. The maximum atomic E-state index is 12.8. The maximum Gasteiger partial charge on any atom is 0.418 e. The molecule has 1 aromatic rings. The second-order valence-corrected chi connectivity index (χ2v) is 7.13. The van der Waals surface area contributed by atoms with Gasteiger partial charge in [0.25, 0.3) is 0 Å². The second-order valence-electron chi connectivity index (χ2n) is 7.13. The number of ether oxygens (including phenoxy) is 2. The third-order valence-corrected chi connectivity index (χ3v) is 4.00. The number of fused-ring (bicyclic) bond motifs is 3. The quantitative estimate of drug-likeness (QED) is 0.594. The summed E-state index contributed by atoms with van der Waals surface area (Å²) in [7, 11) is 0. The van der Waals surface area contributed by atoms with Crippen LogP contribution in [0, 0.1) is 0 Å². The van der Waals surface area contributed by atoms with E-state index in [1.165, 1.54) is 0 Å². The summed E-state index contributed by atoms with van der Waals surface area (Å²) in [6.45, 7) is 14.8. The average Bonchev–Trinajstić information content (AvgIpc) is 2.68. The van der Waals surface area contributed by atoms with Gasteiger partial charge in [-0.1, -0.05) is 27.7 Å². The monoisotopic (exact) mass is 419 g/mol. The first-order valence-corrected chi connectivity index (χ1v) is 9.99. The number of hydrogen-bond donors (Lipinski definition) is 0. The molecule has 0 spiro atoms. The largest absolute Gasteiger partial charge is 0.487 e. The Morgan fingerprint density at radius 2 is 1.79 bits per heavy atom. The van der Waals surface area contributed by atoms with Gasteiger partial charge in [0.1, 0.15) is 12.2 Å². The van der Waals surface area contributed by atoms with Crippen molar-refractivity contribution in [3.8, 4) is 5.75 Å². The van der Waals surface area contributed by atoms with E-state index in [1.807, 2.05) is 32.6 Å². The third kappa shape index (κ3) is 6.40. The minimum absolute atomic E-state index is 0.122. The molecule has 3 heterocycles. The minimum atomic E-state index is -4.46. The van der Waals surface area contributed by atoms with Crippen LogP contribution in [0.4, 0.5) is 23.8 Å². The fourth-order valence-electron chi connectivity index (χ4n) is 2.87. The van der Waals surface area contributed by atoms with Gasteiger partial charge in [0.2, 0.25) is 0 Å². The Labute approximate surface area is 171 Å². The molecule has 1 atom stereocenters. The number of carbonyl (C=O) groups is 1. The van der Waals surface area contributed by atoms with Gasteiger partial charge in [-0.25, -0.2) is 9.78 Å². The fourth-order valence-corrected chi connectivity index (χ4v) is 2.87. The molecule has 166 valence electrons. The Kier molecular flexibility index (Phi) is 8.59. The van der Waals surface area contributed by atoms with Crippen molar-refractivity contribution in [2.75, 3.05) is 31.1 Å². The number of hydrogen-bond acceptors (Lipinski definition) is 5. The van der Waals surface area contributed by atoms with Crippen LogP contribution in [-0.4, -0.2) is 53.9 Å². The van der Waals surface area contributed by atoms with E-state index in [9.17, 15) is 18.0 Å². The lowest BCUT2D eigenvalue weighted by Crippen LogP contribution is -2.59. The molecule has 1 fully saturated rings. The summed E-state index contributed by atoms with van der Waals surface area (Å²) < 4.78 is 49.2. The lowest BCUT2D eigenvalue weighted by atomic mass is 10.1. The van der Waals surface area contributed by atoms with Crippen molar-refractivity contribution in [2.45, 2.75) is 66.3 Å². The van der Waals surface area contributed by atoms with Crippen LogP contribution in [0.1, 0.15) is 54.0 Å². The van der Waals surface area contributed by atoms with Crippen molar-refractivity contribution < 1.29 is 27.4 Å². The number of anilines is 1. The van der Waals surface area contributed by atoms with E-state index in [0.29, 0.717) is 25.5 Å². The molecular weight excluding hydrogens is 387 g/mol. The summed E-state index contributed by atoms with van der Waals surface area (Å²) in [5.74, 6) is 0.505. The predicted molar refractivity (Wildman–Crippen MR) is 106 cm³/mol. The molecule has 1 unspecified atom stereocenters. The molecule has 0 N–H and O–H groups in total. The molecule has 0 radical (unpaired) electrons. The van der Waals surface area contributed by atoms with Gasteiger partial charge in [0, 0.05) is 25.8 Å². The van der Waals surface area contributed by atoms with Gasteiger partial charge < -0.3 is 19.3 Å². The average molecular weight is 419 g/mol. The van der Waals surface area contributed by atoms with E-state index in [0.717, 1.165) is 12.3 Å². The lowest BCUT2D eigenvalue weighted by molar-refractivity contribution is -0.138. The van der Waals surface area contributed by atoms with E-state index in [1.54, 1.807) is 25.7 Å². The van der Waals surface area contributed by atoms with Crippen LogP contribution in [0.3, 0.4) is 0 Å². The number of alkyl halides is 3. The highest BCUT2D eigenvalue weighted by Gasteiger charge is 2.39. The Morgan fingerprint density at radius 3 is 2.34 bits per heavy atom. The zero-order valence-electron chi connectivity index (χ0n) is 18.3. The standard InChI is InChI=1S/C16H20F3N3O3.2C2H6/c1-15(2,3)25-14(23)21-4-5-22-11(8-21)9-24-12-6-10(16(17,18)19)7-20-13(12)22;2*1-2/h6-7,11H,4-5,8-9H2,1-3H3;2*1-2H3. The van der Waals surface area contributed by atoms with Crippen LogP contribution in [-0.2, 0) is 10.9 Å². The van der Waals surface area contributed by atoms with Gasteiger partial charge >= 0.3 is 12.3 Å². The van der Waals surface area contributed by atoms with Gasteiger partial charge in [0.15, 0.2) is 11.6 Å². The van der Waals surface area contributed by atoms with Crippen LogP contribution < -0.4 is 9.64 Å². The number of piperazine rings is 1. The van der Waals surface area contributed by atoms with Crippen LogP contribution in [0.15, 0.2) is 12.3 Å². The molecule has 6 nitrogen and oxygen atoms in total. The zero-order valence-corrected chi connectivity index (χ0v) is 18.3. The Hall–Kier alpha value is -2.19. The van der Waals surface area contributed by atoms with Gasteiger partial charge in [-0.15, -0.1) is 0 Å². The molecule has 2 aliphatic heterocycles. The summed E-state index contributed by atoms with van der Waals surface area (Å²) >= 11 is 0. The van der Waals surface area contributed by atoms with Crippen molar-refractivity contribution in [1.82, 2.24) is 9.88 Å². The normalized spacial score (nSPS) is 18.1. The highest BCUT2D eigenvalue weighted by molar-refractivity contribution is 5.69. The van der Waals surface area contributed by atoms with Crippen molar-refractivity contribution in [2.24, 2.45) is 0 Å². The lowest BCUT2D eigenvalue weighted by Gasteiger charge is -2.44. The Morgan fingerprint density at radius 1 is 1.17 bits per heavy atom. The van der Waals surface area contributed by atoms with Gasteiger partial charge in [-0.05, 0) is 26.8 Å². The molecule has 3 rings (SSSR count). The molecule has 29 heavy (non-hydrogen) atoms. The van der Waals surface area contributed by atoms with Crippen molar-refractivity contribution in [1.29, 1.82) is 0 Å². The van der Waals surface area contributed by atoms with Gasteiger partial charge in [0.05, 0.1) is 11.6 Å². The van der Waals surface area contributed by atoms with Crippen molar-refractivity contribution in [3.63, 3.8) is 0 Å². The Balaban J connectivity index is 0.000000989. The molecule has 0 saturated carbocycles. The highest BCUT2D eigenvalue weighted by atomic mass is 19.4. The SMILES string of the molecule is CC.CC.CC(C)(C)OC(=O)N1CCN2c3ncc(C(F)(F)F)cc3OCC2C1. The number of pyridine rings is 1. The molecule has 1 amide bonds. The summed E-state index contributed by atoms with van der Waals surface area (Å²) in [6.07, 6.45) is -4.05.